The Bertz CT molecular complexity index is 559. The van der Waals surface area contributed by atoms with Crippen LogP contribution in [0.15, 0.2) is 24.3 Å². The van der Waals surface area contributed by atoms with E-state index in [0.717, 1.165) is 24.8 Å². The minimum Gasteiger partial charge on any atom is -0.491 e. The van der Waals surface area contributed by atoms with Crippen molar-refractivity contribution in [2.75, 3.05) is 13.2 Å². The molecule has 140 valence electrons. The van der Waals surface area contributed by atoms with Gasteiger partial charge in [-0.05, 0) is 50.3 Å². The van der Waals surface area contributed by atoms with E-state index in [2.05, 4.69) is 32.3 Å². The molecule has 3 atom stereocenters. The molecule has 0 amide bonds. The molecule has 2 saturated heterocycles. The number of hydrogen-bond donors (Lipinski definition) is 0. The third kappa shape index (κ3) is 6.11. The molecule has 0 aliphatic carbocycles. The van der Waals surface area contributed by atoms with Crippen LogP contribution in [0.2, 0.25) is 32.2 Å². The van der Waals surface area contributed by atoms with E-state index in [9.17, 15) is 0 Å². The Morgan fingerprint density at radius 3 is 2.36 bits per heavy atom. The minimum absolute atomic E-state index is 0.261. The van der Waals surface area contributed by atoms with Gasteiger partial charge in [-0.1, -0.05) is 18.2 Å². The molecule has 3 rings (SSSR count). The Kier molecular flexibility index (Phi) is 6.68. The molecule has 1 aromatic carbocycles. The molecule has 2 heterocycles. The smallest absolute Gasteiger partial charge is 0.317 e. The number of rotatable bonds is 6. The number of ether oxygens (including phenoxy) is 2. The van der Waals surface area contributed by atoms with Gasteiger partial charge in [-0.15, -0.1) is 0 Å². The molecule has 2 aliphatic heterocycles. The molecule has 6 nitrogen and oxygen atoms in total. The van der Waals surface area contributed by atoms with E-state index in [0.29, 0.717) is 6.61 Å². The van der Waals surface area contributed by atoms with Gasteiger partial charge in [-0.25, -0.2) is 0 Å². The average Bonchev–Trinajstić information content (AvgIpc) is 3.34. The highest BCUT2D eigenvalue weighted by molar-refractivity contribution is 6.81. The third-order valence-electron chi connectivity index (χ3n) is 4.25. The van der Waals surface area contributed by atoms with Gasteiger partial charge in [0.25, 0.3) is 27.9 Å². The van der Waals surface area contributed by atoms with Crippen LogP contribution in [0, 0.1) is 0 Å². The molecule has 0 aromatic heterocycles. The second kappa shape index (κ2) is 8.58. The van der Waals surface area contributed by atoms with E-state index in [-0.39, 0.29) is 6.10 Å². The summed E-state index contributed by atoms with van der Waals surface area (Å²) in [6, 6.07) is 9.08. The summed E-state index contributed by atoms with van der Waals surface area (Å²) in [6.45, 7) is 9.78. The summed E-state index contributed by atoms with van der Waals surface area (Å²) in [7, 11) is -7.25. The lowest BCUT2D eigenvalue weighted by atomic mass is 10.1. The Labute approximate surface area is 156 Å². The van der Waals surface area contributed by atoms with Gasteiger partial charge >= 0.3 is 8.56 Å². The van der Waals surface area contributed by atoms with Crippen LogP contribution in [0.25, 0.3) is 0 Å². The maximum absolute atomic E-state index is 6.35. The van der Waals surface area contributed by atoms with Crippen LogP contribution in [0.5, 0.6) is 5.75 Å². The maximum atomic E-state index is 6.35. The second-order valence-electron chi connectivity index (χ2n) is 6.72. The van der Waals surface area contributed by atoms with Crippen LogP contribution in [0.1, 0.15) is 5.56 Å². The number of benzene rings is 1. The zero-order valence-electron chi connectivity index (χ0n) is 15.4. The number of epoxide rings is 1. The first-order valence-electron chi connectivity index (χ1n) is 8.92. The zero-order chi connectivity index (χ0) is 17.9. The number of aryl methyl sites for hydroxylation is 1. The molecule has 2 fully saturated rings. The highest BCUT2D eigenvalue weighted by atomic mass is 28.5. The van der Waals surface area contributed by atoms with Crippen molar-refractivity contribution in [2.24, 2.45) is 0 Å². The van der Waals surface area contributed by atoms with Crippen molar-refractivity contribution in [3.05, 3.63) is 29.8 Å². The molecule has 0 saturated carbocycles. The van der Waals surface area contributed by atoms with Crippen LogP contribution >= 0.6 is 0 Å². The molecule has 2 aliphatic rings. The molecular weight excluding hydrogens is 389 g/mol. The van der Waals surface area contributed by atoms with E-state index in [1.165, 1.54) is 5.56 Å². The summed E-state index contributed by atoms with van der Waals surface area (Å²) in [6.07, 6.45) is 1.14. The Morgan fingerprint density at radius 1 is 1.08 bits per heavy atom. The van der Waals surface area contributed by atoms with Gasteiger partial charge in [0.2, 0.25) is 0 Å². The predicted octanol–water partition coefficient (Wildman–Crippen LogP) is 1.71. The molecule has 0 radical (unpaired) electrons. The summed E-state index contributed by atoms with van der Waals surface area (Å²) in [4.78, 5) is 0. The van der Waals surface area contributed by atoms with Crippen molar-refractivity contribution in [3.8, 4) is 5.75 Å². The van der Waals surface area contributed by atoms with Gasteiger partial charge in [-0.2, -0.15) is 0 Å². The van der Waals surface area contributed by atoms with E-state index < -0.39 is 36.4 Å². The van der Waals surface area contributed by atoms with E-state index in [1.54, 1.807) is 0 Å². The molecule has 10 heteroatoms. The van der Waals surface area contributed by atoms with Crippen LogP contribution < -0.4 is 4.74 Å². The molecule has 3 unspecified atom stereocenters. The summed E-state index contributed by atoms with van der Waals surface area (Å²) < 4.78 is 35.8. The fraction of sp³-hybridized carbons (Fsp3) is 0.600. The van der Waals surface area contributed by atoms with Crippen molar-refractivity contribution >= 4 is 36.4 Å². The largest absolute Gasteiger partial charge is 0.491 e. The Hall–Kier alpha value is -0.312. The number of para-hydroxylation sites is 1. The lowest BCUT2D eigenvalue weighted by Gasteiger charge is -2.37. The molecule has 0 bridgehead atoms. The fourth-order valence-corrected chi connectivity index (χ4v) is 17.6. The second-order valence-corrected chi connectivity index (χ2v) is 17.0. The average molecular weight is 417 g/mol. The molecule has 25 heavy (non-hydrogen) atoms. The van der Waals surface area contributed by atoms with E-state index >= 15 is 0 Å². The molecule has 0 spiro atoms. The van der Waals surface area contributed by atoms with Crippen molar-refractivity contribution in [1.82, 2.24) is 0 Å². The quantitative estimate of drug-likeness (QED) is 0.520. The summed E-state index contributed by atoms with van der Waals surface area (Å²) in [5.41, 5.74) is 1.19. The summed E-state index contributed by atoms with van der Waals surface area (Å²) >= 11 is 0. The molecule has 0 N–H and O–H groups in total. The number of hydrogen-bond acceptors (Lipinski definition) is 6. The van der Waals surface area contributed by atoms with E-state index in [1.807, 2.05) is 18.2 Å². The SMILES string of the molecule is C[SiH]1O[SiH](C)O[Si](C)(CCc2ccccc2OCC2CO2)O[SiH](C)O1. The summed E-state index contributed by atoms with van der Waals surface area (Å²) in [5, 5.41) is 0. The topological polar surface area (TPSA) is 58.7 Å². The van der Waals surface area contributed by atoms with Crippen molar-refractivity contribution in [1.29, 1.82) is 0 Å². The first-order valence-corrected chi connectivity index (χ1v) is 17.7. The maximum Gasteiger partial charge on any atom is 0.317 e. The van der Waals surface area contributed by atoms with Gasteiger partial charge in [0.15, 0.2) is 0 Å². The predicted molar refractivity (Wildman–Crippen MR) is 105 cm³/mol. The minimum atomic E-state index is -2.30. The monoisotopic (exact) mass is 416 g/mol. The normalized spacial score (nSPS) is 35.7. The van der Waals surface area contributed by atoms with Crippen LogP contribution in [0.4, 0.5) is 0 Å². The highest BCUT2D eigenvalue weighted by Crippen LogP contribution is 2.27. The van der Waals surface area contributed by atoms with Crippen LogP contribution in [-0.2, 0) is 27.6 Å². The highest BCUT2D eigenvalue weighted by Gasteiger charge is 2.39. The Morgan fingerprint density at radius 2 is 1.72 bits per heavy atom. The first-order chi connectivity index (χ1) is 11.9. The van der Waals surface area contributed by atoms with Gasteiger partial charge in [0.1, 0.15) is 18.5 Å². The standard InChI is InChI=1S/C15H28O6Si4/c1-22-18-23(2)20-25(4,21-24(3)19-22)10-9-13-7-5-6-8-15(13)17-12-14-11-16-14/h5-8,14,22-24H,9-12H2,1-4H3. The lowest BCUT2D eigenvalue weighted by molar-refractivity contribution is 0.260. The molecular formula is C15H28O6Si4. The summed E-state index contributed by atoms with van der Waals surface area (Å²) in [5.74, 6) is 0.936. The van der Waals surface area contributed by atoms with Gasteiger partial charge in [0.05, 0.1) is 6.61 Å². The zero-order valence-corrected chi connectivity index (χ0v) is 19.9. The Balaban J connectivity index is 1.62. The van der Waals surface area contributed by atoms with Crippen molar-refractivity contribution in [2.45, 2.75) is 44.8 Å². The first kappa shape index (κ1) is 19.4. The molecule has 1 aromatic rings. The lowest BCUT2D eigenvalue weighted by Crippen LogP contribution is -2.53. The van der Waals surface area contributed by atoms with E-state index in [4.69, 9.17) is 25.9 Å². The van der Waals surface area contributed by atoms with Gasteiger partial charge in [-0.3, -0.25) is 0 Å². The van der Waals surface area contributed by atoms with Crippen LogP contribution in [-0.4, -0.2) is 55.7 Å². The van der Waals surface area contributed by atoms with Crippen LogP contribution in [0.3, 0.4) is 0 Å². The fourth-order valence-electron chi connectivity index (χ4n) is 3.04. The van der Waals surface area contributed by atoms with Gasteiger partial charge in [0, 0.05) is 0 Å². The van der Waals surface area contributed by atoms with Crippen molar-refractivity contribution in [3.63, 3.8) is 0 Å². The van der Waals surface area contributed by atoms with Gasteiger partial charge < -0.3 is 25.9 Å². The third-order valence-corrected chi connectivity index (χ3v) is 18.2. The van der Waals surface area contributed by atoms with Crippen molar-refractivity contribution < 1.29 is 25.9 Å².